The van der Waals surface area contributed by atoms with Crippen molar-refractivity contribution in [1.82, 2.24) is 19.8 Å². The Hall–Kier alpha value is -4.14. The summed E-state index contributed by atoms with van der Waals surface area (Å²) in [6, 6.07) is 11.6. The van der Waals surface area contributed by atoms with E-state index in [4.69, 9.17) is 15.9 Å². The molecule has 0 saturated carbocycles. The van der Waals surface area contributed by atoms with Crippen LogP contribution in [-0.2, 0) is 14.8 Å². The lowest BCUT2D eigenvalue weighted by Crippen LogP contribution is -2.48. The molecule has 2 heterocycles. The lowest BCUT2D eigenvalue weighted by atomic mass is 10.2. The number of rotatable bonds is 12. The van der Waals surface area contributed by atoms with Gasteiger partial charge in [-0.25, -0.2) is 8.42 Å². The van der Waals surface area contributed by atoms with Crippen molar-refractivity contribution in [3.05, 3.63) is 76.7 Å². The Balaban J connectivity index is 0.00000507. The van der Waals surface area contributed by atoms with Crippen LogP contribution >= 0.6 is 12.4 Å². The van der Waals surface area contributed by atoms with Gasteiger partial charge in [0.15, 0.2) is 5.96 Å². The minimum absolute atomic E-state index is 0. The van der Waals surface area contributed by atoms with E-state index in [1.165, 1.54) is 47.0 Å². The molecule has 15 heteroatoms. The first kappa shape index (κ1) is 30.1. The summed E-state index contributed by atoms with van der Waals surface area (Å²) < 4.78 is 33.8. The number of halogens is 1. The van der Waals surface area contributed by atoms with Crippen molar-refractivity contribution in [2.24, 2.45) is 5.73 Å². The normalized spacial score (nSPS) is 11.7. The van der Waals surface area contributed by atoms with E-state index in [0.717, 1.165) is 0 Å². The number of ether oxygens (including phenoxy) is 1. The van der Waals surface area contributed by atoms with Gasteiger partial charge in [-0.1, -0.05) is 18.2 Å². The second-order valence-corrected chi connectivity index (χ2v) is 9.50. The molecule has 204 valence electrons. The summed E-state index contributed by atoms with van der Waals surface area (Å²) in [6.07, 6.45) is 1.97. The fourth-order valence-electron chi connectivity index (χ4n) is 3.24. The molecule has 13 nitrogen and oxygen atoms in total. The van der Waals surface area contributed by atoms with Crippen molar-refractivity contribution in [2.75, 3.05) is 19.7 Å². The van der Waals surface area contributed by atoms with Crippen LogP contribution in [0.4, 0.5) is 0 Å². The quantitative estimate of drug-likeness (QED) is 0.0999. The standard InChI is InChI=1S/C23H26N6O7S.ClH/c24-23(25)26-11-4-12-36-16-9-7-15-8-10-18(21(31)29(15)14-16)20(30)27-13-19(22(32)33)28-37(34,35)17-5-2-1-3-6-17;/h1-3,5-10,14,19,28H,4,11-13H2,(H,27,30)(H,32,33)(H4,24,25,26);1H/t19-;/m0./s1. The molecule has 0 unspecified atom stereocenters. The number of carboxylic acid groups (broad SMARTS) is 1. The third kappa shape index (κ3) is 7.93. The molecule has 0 aliphatic rings. The van der Waals surface area contributed by atoms with E-state index in [2.05, 4.69) is 10.6 Å². The molecule has 3 rings (SSSR count). The number of pyridine rings is 2. The third-order valence-corrected chi connectivity index (χ3v) is 6.58. The molecule has 1 amide bonds. The lowest BCUT2D eigenvalue weighted by Gasteiger charge is -2.16. The minimum atomic E-state index is -4.16. The van der Waals surface area contributed by atoms with Crippen LogP contribution < -0.4 is 31.4 Å². The number of fused-ring (bicyclic) bond motifs is 1. The van der Waals surface area contributed by atoms with Gasteiger partial charge in [0, 0.05) is 18.6 Å². The van der Waals surface area contributed by atoms with Crippen molar-refractivity contribution in [3.63, 3.8) is 0 Å². The van der Waals surface area contributed by atoms with Crippen molar-refractivity contribution in [2.45, 2.75) is 17.4 Å². The average molecular weight is 567 g/mol. The van der Waals surface area contributed by atoms with Crippen LogP contribution in [0, 0.1) is 5.41 Å². The number of nitrogens with zero attached hydrogens (tertiary/aromatic N) is 1. The number of sulfonamides is 1. The molecule has 0 spiro atoms. The van der Waals surface area contributed by atoms with E-state index in [9.17, 15) is 27.9 Å². The molecule has 0 aliphatic carbocycles. The summed E-state index contributed by atoms with van der Waals surface area (Å²) in [4.78, 5) is 37.1. The predicted octanol–water partition coefficient (Wildman–Crippen LogP) is 0.135. The van der Waals surface area contributed by atoms with Crippen LogP contribution in [0.5, 0.6) is 5.75 Å². The smallest absolute Gasteiger partial charge is 0.323 e. The van der Waals surface area contributed by atoms with Crippen LogP contribution in [0.2, 0.25) is 0 Å². The Morgan fingerprint density at radius 1 is 1.08 bits per heavy atom. The lowest BCUT2D eigenvalue weighted by molar-refractivity contribution is -0.138. The molecule has 7 N–H and O–H groups in total. The second-order valence-electron chi connectivity index (χ2n) is 7.79. The Bertz CT molecular complexity index is 1460. The van der Waals surface area contributed by atoms with Gasteiger partial charge in [-0.3, -0.25) is 24.2 Å². The first-order valence-corrected chi connectivity index (χ1v) is 12.5. The Kier molecular flexibility index (Phi) is 10.6. The van der Waals surface area contributed by atoms with Crippen LogP contribution in [0.25, 0.3) is 5.52 Å². The summed E-state index contributed by atoms with van der Waals surface area (Å²) in [5.74, 6) is -2.15. The fourth-order valence-corrected chi connectivity index (χ4v) is 4.45. The number of aromatic nitrogens is 1. The van der Waals surface area contributed by atoms with Crippen molar-refractivity contribution < 1.29 is 27.9 Å². The highest BCUT2D eigenvalue weighted by Crippen LogP contribution is 2.13. The third-order valence-electron chi connectivity index (χ3n) is 5.09. The highest BCUT2D eigenvalue weighted by atomic mass is 35.5. The van der Waals surface area contributed by atoms with E-state index < -0.39 is 40.0 Å². The van der Waals surface area contributed by atoms with E-state index in [1.54, 1.807) is 18.2 Å². The number of carbonyl (C=O) groups is 2. The summed E-state index contributed by atoms with van der Waals surface area (Å²) in [5.41, 5.74) is 4.76. The van der Waals surface area contributed by atoms with Crippen LogP contribution in [0.3, 0.4) is 0 Å². The van der Waals surface area contributed by atoms with Crippen LogP contribution in [-0.4, -0.2) is 61.5 Å². The summed E-state index contributed by atoms with van der Waals surface area (Å²) in [7, 11) is -4.16. The zero-order valence-corrected chi connectivity index (χ0v) is 21.6. The number of nitrogens with two attached hydrogens (primary N) is 1. The molecular formula is C23H27ClN6O7S. The minimum Gasteiger partial charge on any atom is -0.492 e. The van der Waals surface area contributed by atoms with E-state index in [1.807, 2.05) is 4.72 Å². The molecule has 0 radical (unpaired) electrons. The second kappa shape index (κ2) is 13.4. The number of hydrogen-bond acceptors (Lipinski definition) is 7. The number of carbonyl (C=O) groups excluding carboxylic acids is 1. The summed E-state index contributed by atoms with van der Waals surface area (Å²) in [5, 5.41) is 21.5. The van der Waals surface area contributed by atoms with Crippen molar-refractivity contribution >= 4 is 45.8 Å². The molecule has 0 aliphatic heterocycles. The van der Waals surface area contributed by atoms with Gasteiger partial charge in [0.2, 0.25) is 10.0 Å². The molecule has 1 aromatic carbocycles. The number of carboxylic acids is 1. The van der Waals surface area contributed by atoms with Crippen molar-refractivity contribution in [3.8, 4) is 5.75 Å². The van der Waals surface area contributed by atoms with Crippen LogP contribution in [0.1, 0.15) is 16.8 Å². The number of amides is 1. The maximum absolute atomic E-state index is 12.9. The molecule has 38 heavy (non-hydrogen) atoms. The average Bonchev–Trinajstić information content (AvgIpc) is 2.86. The zero-order chi connectivity index (χ0) is 27.0. The molecular weight excluding hydrogens is 540 g/mol. The van der Waals surface area contributed by atoms with E-state index >= 15 is 0 Å². The zero-order valence-electron chi connectivity index (χ0n) is 19.9. The first-order valence-electron chi connectivity index (χ1n) is 11.0. The topological polar surface area (TPSA) is 205 Å². The van der Waals surface area contributed by atoms with Gasteiger partial charge in [-0.2, -0.15) is 4.72 Å². The monoisotopic (exact) mass is 566 g/mol. The number of hydrogen-bond donors (Lipinski definition) is 6. The van der Waals surface area contributed by atoms with Gasteiger partial charge in [-0.15, -0.1) is 12.4 Å². The molecule has 0 saturated heterocycles. The van der Waals surface area contributed by atoms with Crippen molar-refractivity contribution in [1.29, 1.82) is 5.41 Å². The Labute approximate surface area is 224 Å². The SMILES string of the molecule is Cl.N=C(N)NCCCOc1ccc2ccc(C(=O)NC[C@H](NS(=O)(=O)c3ccccc3)C(=O)O)c(=O)n2c1. The molecule has 2 aromatic heterocycles. The largest absolute Gasteiger partial charge is 0.492 e. The Morgan fingerprint density at radius 2 is 1.76 bits per heavy atom. The Morgan fingerprint density at radius 3 is 2.42 bits per heavy atom. The van der Waals surface area contributed by atoms with E-state index in [0.29, 0.717) is 24.2 Å². The number of guanidine groups is 1. The summed E-state index contributed by atoms with van der Waals surface area (Å²) >= 11 is 0. The number of benzene rings is 1. The van der Waals surface area contributed by atoms with Crippen LogP contribution in [0.15, 0.2) is 70.5 Å². The van der Waals surface area contributed by atoms with Gasteiger partial charge in [0.1, 0.15) is 17.4 Å². The van der Waals surface area contributed by atoms with Gasteiger partial charge in [0.25, 0.3) is 11.5 Å². The molecule has 1 atom stereocenters. The molecule has 0 bridgehead atoms. The molecule has 3 aromatic rings. The maximum Gasteiger partial charge on any atom is 0.323 e. The highest BCUT2D eigenvalue weighted by Gasteiger charge is 2.26. The summed E-state index contributed by atoms with van der Waals surface area (Å²) in [6.45, 7) is 0.127. The number of nitrogens with one attached hydrogen (secondary N) is 4. The van der Waals surface area contributed by atoms with Gasteiger partial charge >= 0.3 is 5.97 Å². The number of aliphatic carboxylic acids is 1. The molecule has 0 fully saturated rings. The van der Waals surface area contributed by atoms with Gasteiger partial charge < -0.3 is 26.2 Å². The van der Waals surface area contributed by atoms with Gasteiger partial charge in [-0.05, 0) is 42.8 Å². The maximum atomic E-state index is 12.9. The predicted molar refractivity (Wildman–Crippen MR) is 141 cm³/mol. The fraction of sp³-hybridized carbons (Fsp3) is 0.217. The van der Waals surface area contributed by atoms with Gasteiger partial charge in [0.05, 0.1) is 17.7 Å². The van der Waals surface area contributed by atoms with E-state index in [-0.39, 0.29) is 35.4 Å². The first-order chi connectivity index (χ1) is 17.6. The highest BCUT2D eigenvalue weighted by molar-refractivity contribution is 7.89.